The number of hydrogen-bond donors (Lipinski definition) is 2. The van der Waals surface area contributed by atoms with Crippen LogP contribution in [0, 0.1) is 0 Å². The average Bonchev–Trinajstić information content (AvgIpc) is 2.86. The van der Waals surface area contributed by atoms with Gasteiger partial charge in [0.05, 0.1) is 19.7 Å². The molecule has 30 heavy (non-hydrogen) atoms. The number of nitrogens with zero attached hydrogens (tertiary/aromatic N) is 1. The van der Waals surface area contributed by atoms with Gasteiger partial charge in [-0.25, -0.2) is 0 Å². The van der Waals surface area contributed by atoms with Crippen LogP contribution in [-0.4, -0.2) is 38.1 Å². The van der Waals surface area contributed by atoms with Crippen LogP contribution in [0.25, 0.3) is 0 Å². The molecular formula is C22H27BrClN3O3. The minimum atomic E-state index is -0.577. The van der Waals surface area contributed by atoms with E-state index in [0.29, 0.717) is 18.7 Å². The predicted octanol–water partition coefficient (Wildman–Crippen LogP) is 3.45. The number of para-hydroxylation sites is 1. The van der Waals surface area contributed by atoms with Crippen LogP contribution in [0.3, 0.4) is 0 Å². The Kier molecular flexibility index (Phi) is 8.70. The molecule has 0 fully saturated rings. The third kappa shape index (κ3) is 5.33. The lowest BCUT2D eigenvalue weighted by Crippen LogP contribution is -2.52. The Labute approximate surface area is 191 Å². The molecule has 2 N–H and O–H groups in total. The molecule has 3 rings (SSSR count). The van der Waals surface area contributed by atoms with Crippen molar-refractivity contribution in [2.24, 2.45) is 0 Å². The summed E-state index contributed by atoms with van der Waals surface area (Å²) in [6.45, 7) is 2.13. The van der Waals surface area contributed by atoms with E-state index in [-0.39, 0.29) is 30.3 Å². The number of carbonyl (C=O) groups excluding carboxylic acids is 2. The van der Waals surface area contributed by atoms with Gasteiger partial charge in [-0.2, -0.15) is 0 Å². The lowest BCUT2D eigenvalue weighted by molar-refractivity contribution is -0.128. The molecule has 2 atom stereocenters. The lowest BCUT2D eigenvalue weighted by atomic mass is 10.1. The number of likely N-dealkylation sites (N-methyl/N-ethyl adjacent to an activating group) is 1. The molecule has 0 bridgehead atoms. The summed E-state index contributed by atoms with van der Waals surface area (Å²) in [6, 6.07) is 12.7. The molecule has 0 saturated heterocycles. The van der Waals surface area contributed by atoms with Crippen molar-refractivity contribution in [3.8, 4) is 5.75 Å². The molecule has 2 amide bonds. The first kappa shape index (κ1) is 24.2. The first-order chi connectivity index (χ1) is 13.9. The zero-order valence-corrected chi connectivity index (χ0v) is 19.7. The number of aryl methyl sites for hydroxylation is 1. The fraction of sp³-hybridized carbons (Fsp3) is 0.364. The van der Waals surface area contributed by atoms with Crippen LogP contribution in [-0.2, 0) is 22.6 Å². The number of hydrogen-bond acceptors (Lipinski definition) is 4. The van der Waals surface area contributed by atoms with Crippen molar-refractivity contribution in [3.63, 3.8) is 0 Å². The van der Waals surface area contributed by atoms with Gasteiger partial charge in [-0.3, -0.25) is 9.59 Å². The van der Waals surface area contributed by atoms with E-state index in [1.807, 2.05) is 42.5 Å². The van der Waals surface area contributed by atoms with E-state index in [1.54, 1.807) is 26.0 Å². The predicted molar refractivity (Wildman–Crippen MR) is 124 cm³/mol. The van der Waals surface area contributed by atoms with Gasteiger partial charge in [0.2, 0.25) is 11.8 Å². The Bertz CT molecular complexity index is 909. The zero-order chi connectivity index (χ0) is 21.0. The standard InChI is InChI=1S/C22H26BrN3O3.ClH/c1-14(24-2)21(27)25-18-11-9-15-6-4-5-7-19(15)26(22(18)28)13-16-8-10-17(23)12-20(16)29-3;/h4-8,10,12,14,18,24H,9,11,13H2,1-3H3,(H,25,27);1H. The second-order valence-corrected chi connectivity index (χ2v) is 8.04. The lowest BCUT2D eigenvalue weighted by Gasteiger charge is -2.27. The number of rotatable bonds is 6. The third-order valence-corrected chi connectivity index (χ3v) is 5.76. The molecule has 1 heterocycles. The van der Waals surface area contributed by atoms with E-state index in [2.05, 4.69) is 26.6 Å². The highest BCUT2D eigenvalue weighted by Gasteiger charge is 2.32. The summed E-state index contributed by atoms with van der Waals surface area (Å²) < 4.78 is 6.42. The molecule has 0 aliphatic carbocycles. The van der Waals surface area contributed by atoms with E-state index in [4.69, 9.17) is 4.74 Å². The number of nitrogens with one attached hydrogen (secondary N) is 2. The molecular weight excluding hydrogens is 470 g/mol. The molecule has 0 radical (unpaired) electrons. The zero-order valence-electron chi connectivity index (χ0n) is 17.3. The van der Waals surface area contributed by atoms with Crippen LogP contribution in [0.2, 0.25) is 0 Å². The molecule has 2 aromatic carbocycles. The smallest absolute Gasteiger partial charge is 0.249 e. The SMILES string of the molecule is CNC(C)C(=O)NC1CCc2ccccc2N(Cc2ccc(Br)cc2OC)C1=O.Cl. The molecule has 6 nitrogen and oxygen atoms in total. The third-order valence-electron chi connectivity index (χ3n) is 5.27. The quantitative estimate of drug-likeness (QED) is 0.643. The number of anilines is 1. The van der Waals surface area contributed by atoms with Gasteiger partial charge in [-0.1, -0.05) is 40.2 Å². The number of ether oxygens (including phenoxy) is 1. The van der Waals surface area contributed by atoms with Gasteiger partial charge in [-0.15, -0.1) is 12.4 Å². The molecule has 162 valence electrons. The second-order valence-electron chi connectivity index (χ2n) is 7.12. The van der Waals surface area contributed by atoms with Gasteiger partial charge in [0, 0.05) is 15.7 Å². The Morgan fingerprint density at radius 2 is 2.03 bits per heavy atom. The minimum Gasteiger partial charge on any atom is -0.496 e. The largest absolute Gasteiger partial charge is 0.496 e. The van der Waals surface area contributed by atoms with Gasteiger partial charge in [0.15, 0.2) is 0 Å². The van der Waals surface area contributed by atoms with Crippen molar-refractivity contribution in [3.05, 3.63) is 58.1 Å². The number of amides is 2. The minimum absolute atomic E-state index is 0. The maximum absolute atomic E-state index is 13.5. The maximum Gasteiger partial charge on any atom is 0.249 e. The Balaban J connectivity index is 0.00000320. The van der Waals surface area contributed by atoms with E-state index in [9.17, 15) is 9.59 Å². The van der Waals surface area contributed by atoms with Crippen LogP contribution in [0.4, 0.5) is 5.69 Å². The second kappa shape index (κ2) is 10.8. The number of fused-ring (bicyclic) bond motifs is 1. The van der Waals surface area contributed by atoms with Crippen molar-refractivity contribution < 1.29 is 14.3 Å². The fourth-order valence-electron chi connectivity index (χ4n) is 3.46. The van der Waals surface area contributed by atoms with Crippen LogP contribution in [0.5, 0.6) is 5.75 Å². The van der Waals surface area contributed by atoms with Crippen LogP contribution in [0.15, 0.2) is 46.9 Å². The molecule has 2 aromatic rings. The number of halogens is 2. The molecule has 1 aliphatic rings. The van der Waals surface area contributed by atoms with E-state index >= 15 is 0 Å². The van der Waals surface area contributed by atoms with Crippen molar-refractivity contribution in [1.29, 1.82) is 0 Å². The van der Waals surface area contributed by atoms with Crippen LogP contribution < -0.4 is 20.3 Å². The first-order valence-electron chi connectivity index (χ1n) is 9.64. The Morgan fingerprint density at radius 1 is 1.30 bits per heavy atom. The van der Waals surface area contributed by atoms with Crippen LogP contribution >= 0.6 is 28.3 Å². The highest BCUT2D eigenvalue weighted by atomic mass is 79.9. The molecule has 0 aromatic heterocycles. The summed E-state index contributed by atoms with van der Waals surface area (Å²) in [5.74, 6) is 0.410. The summed E-state index contributed by atoms with van der Waals surface area (Å²) in [6.07, 6.45) is 1.28. The maximum atomic E-state index is 13.5. The summed E-state index contributed by atoms with van der Waals surface area (Å²) in [4.78, 5) is 27.6. The Morgan fingerprint density at radius 3 is 2.73 bits per heavy atom. The van der Waals surface area contributed by atoms with Crippen molar-refractivity contribution in [2.75, 3.05) is 19.1 Å². The number of methoxy groups -OCH3 is 1. The van der Waals surface area contributed by atoms with Gasteiger partial charge in [0.25, 0.3) is 0 Å². The van der Waals surface area contributed by atoms with Crippen LogP contribution in [0.1, 0.15) is 24.5 Å². The number of benzene rings is 2. The van der Waals surface area contributed by atoms with E-state index < -0.39 is 6.04 Å². The first-order valence-corrected chi connectivity index (χ1v) is 10.4. The summed E-state index contributed by atoms with van der Waals surface area (Å²) in [5, 5.41) is 5.83. The van der Waals surface area contributed by atoms with E-state index in [1.165, 1.54) is 0 Å². The van der Waals surface area contributed by atoms with Crippen molar-refractivity contribution in [2.45, 2.75) is 38.4 Å². The molecule has 0 spiro atoms. The molecule has 0 saturated carbocycles. The van der Waals surface area contributed by atoms with Gasteiger partial charge < -0.3 is 20.3 Å². The number of carbonyl (C=O) groups is 2. The fourth-order valence-corrected chi connectivity index (χ4v) is 3.80. The highest BCUT2D eigenvalue weighted by Crippen LogP contribution is 2.31. The highest BCUT2D eigenvalue weighted by molar-refractivity contribution is 9.10. The summed E-state index contributed by atoms with van der Waals surface area (Å²) in [7, 11) is 3.34. The molecule has 2 unspecified atom stereocenters. The van der Waals surface area contributed by atoms with Gasteiger partial charge in [0.1, 0.15) is 11.8 Å². The van der Waals surface area contributed by atoms with Gasteiger partial charge >= 0.3 is 0 Å². The Hall–Kier alpha value is -2.09. The summed E-state index contributed by atoms with van der Waals surface area (Å²) >= 11 is 3.46. The molecule has 8 heteroatoms. The average molecular weight is 497 g/mol. The van der Waals surface area contributed by atoms with Crippen molar-refractivity contribution in [1.82, 2.24) is 10.6 Å². The van der Waals surface area contributed by atoms with E-state index in [0.717, 1.165) is 27.7 Å². The molecule has 1 aliphatic heterocycles. The normalized spacial score (nSPS) is 16.7. The van der Waals surface area contributed by atoms with Gasteiger partial charge in [-0.05, 0) is 50.6 Å². The summed E-state index contributed by atoms with van der Waals surface area (Å²) in [5.41, 5.74) is 2.87. The monoisotopic (exact) mass is 495 g/mol. The van der Waals surface area contributed by atoms with Crippen molar-refractivity contribution >= 4 is 45.8 Å². The topological polar surface area (TPSA) is 70.7 Å².